The van der Waals surface area contributed by atoms with Gasteiger partial charge in [-0.2, -0.15) is 16.8 Å². The third kappa shape index (κ3) is 17.0. The molecular formula is C28H55O19S3Se-. The molecule has 2 unspecified atom stereocenters. The molecule has 23 heteroatoms. The summed E-state index contributed by atoms with van der Waals surface area (Å²) in [6.45, 7) is 8.98. The van der Waals surface area contributed by atoms with Gasteiger partial charge in [0.2, 0.25) is 10.4 Å². The standard InChI is InChI=1S/C10H20O9S.C8H16Se.C6H12O4S.C4H8O6S/c11-3-6-5(2-8(14)10(6)15)1-7(13)9(4-12)19-20(16,17)18;1-4-8-7(3)6(2)5-9-8;1-3-6-5(2)4-9-11(7,8)10-6;5-1-4-3(6)2-9-11(7,8)10-4/h5-15H,1-4H2,(H,16,17,18);6-8H,4-5H2,1-3H3;5-6H,3-4H2,1-2H3;3-6H,1-2H2/p-1/t5-,6+,7-,8-,9+,10-;6-,7+,8-;5-,6?;3-,4?/m1111/s1. The minimum Gasteiger partial charge on any atom is -0.726 e. The van der Waals surface area contributed by atoms with Crippen molar-refractivity contribution in [1.29, 1.82) is 0 Å². The van der Waals surface area contributed by atoms with Crippen molar-refractivity contribution < 1.29 is 86.5 Å². The van der Waals surface area contributed by atoms with Gasteiger partial charge in [-0.25, -0.2) is 25.2 Å². The maximum absolute atomic E-state index is 10.7. The predicted molar refractivity (Wildman–Crippen MR) is 178 cm³/mol. The van der Waals surface area contributed by atoms with Gasteiger partial charge in [-0.05, 0) is 25.2 Å². The normalized spacial score (nSPS) is 37.0. The fourth-order valence-corrected chi connectivity index (χ4v) is 11.6. The van der Waals surface area contributed by atoms with Crippen LogP contribution in [0.1, 0.15) is 60.3 Å². The molecule has 1 aliphatic carbocycles. The van der Waals surface area contributed by atoms with Crippen molar-refractivity contribution in [2.24, 2.45) is 29.6 Å². The molecule has 4 aliphatic rings. The minimum absolute atomic E-state index is 0.103. The van der Waals surface area contributed by atoms with Crippen molar-refractivity contribution in [3.8, 4) is 0 Å². The minimum atomic E-state index is -5.07. The van der Waals surface area contributed by atoms with Crippen molar-refractivity contribution in [2.75, 3.05) is 33.0 Å². The monoisotopic (exact) mass is 871 g/mol. The van der Waals surface area contributed by atoms with E-state index in [1.807, 2.05) is 13.8 Å². The first-order valence-corrected chi connectivity index (χ1v) is 22.7. The number of aliphatic hydroxyl groups is 7. The van der Waals surface area contributed by atoms with E-state index in [2.05, 4.69) is 41.7 Å². The molecule has 3 aliphatic heterocycles. The molecule has 4 rings (SSSR count). The van der Waals surface area contributed by atoms with Gasteiger partial charge in [0.25, 0.3) is 0 Å². The first-order chi connectivity index (χ1) is 23.5. The van der Waals surface area contributed by atoms with Crippen molar-refractivity contribution in [3.05, 3.63) is 0 Å². The fourth-order valence-electron chi connectivity index (χ4n) is 5.68. The van der Waals surface area contributed by atoms with Gasteiger partial charge in [-0.3, -0.25) is 4.18 Å². The van der Waals surface area contributed by atoms with Gasteiger partial charge >= 0.3 is 84.9 Å². The molecule has 0 aromatic heterocycles. The molecule has 306 valence electrons. The van der Waals surface area contributed by atoms with Crippen molar-refractivity contribution in [3.63, 3.8) is 0 Å². The summed E-state index contributed by atoms with van der Waals surface area (Å²) in [5.41, 5.74) is 0. The summed E-state index contributed by atoms with van der Waals surface area (Å²) in [5, 5.41) is 65.9. The second kappa shape index (κ2) is 22.4. The number of rotatable bonds is 10. The predicted octanol–water partition coefficient (Wildman–Crippen LogP) is -1.79. The van der Waals surface area contributed by atoms with Crippen LogP contribution in [-0.2, 0) is 52.1 Å². The topological polar surface area (TPSA) is 313 Å². The molecule has 0 aromatic rings. The van der Waals surface area contributed by atoms with Gasteiger partial charge in [0, 0.05) is 18.4 Å². The van der Waals surface area contributed by atoms with E-state index in [9.17, 15) is 45.1 Å². The van der Waals surface area contributed by atoms with Crippen LogP contribution in [0.5, 0.6) is 0 Å². The Morgan fingerprint density at radius 2 is 1.43 bits per heavy atom. The summed E-state index contributed by atoms with van der Waals surface area (Å²) >= 11 is 0.980. The molecule has 0 bridgehead atoms. The average Bonchev–Trinajstić information content (AvgIpc) is 3.53. The van der Waals surface area contributed by atoms with E-state index < -0.39 is 99.5 Å². The van der Waals surface area contributed by atoms with Crippen LogP contribution < -0.4 is 0 Å². The van der Waals surface area contributed by atoms with Gasteiger partial charge < -0.3 is 40.3 Å². The molecule has 0 spiro atoms. The third-order valence-electron chi connectivity index (χ3n) is 9.04. The Kier molecular flexibility index (Phi) is 21.5. The molecule has 3 saturated heterocycles. The maximum atomic E-state index is 10.7. The van der Waals surface area contributed by atoms with E-state index >= 15 is 0 Å². The van der Waals surface area contributed by atoms with Gasteiger partial charge in [0.05, 0.1) is 50.8 Å². The van der Waals surface area contributed by atoms with Gasteiger partial charge in [-0.15, -0.1) is 0 Å². The molecule has 1 saturated carbocycles. The van der Waals surface area contributed by atoms with E-state index in [4.69, 9.17) is 20.4 Å². The largest absolute Gasteiger partial charge is 0.726 e. The van der Waals surface area contributed by atoms with Crippen LogP contribution in [0.15, 0.2) is 0 Å². The summed E-state index contributed by atoms with van der Waals surface area (Å²) in [6.07, 6.45) is -5.63. The first kappa shape index (κ1) is 48.9. The molecule has 13 atom stereocenters. The quantitative estimate of drug-likeness (QED) is 0.0724. The van der Waals surface area contributed by atoms with Crippen molar-refractivity contribution in [1.82, 2.24) is 0 Å². The molecule has 4 fully saturated rings. The van der Waals surface area contributed by atoms with Crippen LogP contribution in [0.25, 0.3) is 0 Å². The van der Waals surface area contributed by atoms with E-state index in [1.165, 1.54) is 11.7 Å². The second-order valence-electron chi connectivity index (χ2n) is 12.8. The Bertz CT molecular complexity index is 1270. The summed E-state index contributed by atoms with van der Waals surface area (Å²) in [5.74, 6) is 1.03. The van der Waals surface area contributed by atoms with Crippen LogP contribution in [-0.4, -0.2) is 156 Å². The summed E-state index contributed by atoms with van der Waals surface area (Å²) in [7, 11) is -12.7. The Hall–Kier alpha value is -0.151. The van der Waals surface area contributed by atoms with Crippen molar-refractivity contribution >= 4 is 46.2 Å². The SMILES string of the molecule is CCC1OS(=O)(=O)OC[C@H]1C.CC[C@H]1[Se]C[C@@H](C)[C@@H]1C.O=S(=O)([O-])O[C@@H](CO)[C@H](O)C[C@@H]1C[C@@H](O)[C@H](O)[C@H]1CO.O=S1(=O)OC[C@@H](O)C(CO)O1. The fraction of sp³-hybridized carbons (Fsp3) is 1.00. The molecule has 3 heterocycles. The Balaban J connectivity index is 0.000000359. The smallest absolute Gasteiger partial charge is 0.400 e. The van der Waals surface area contributed by atoms with Crippen LogP contribution in [0.3, 0.4) is 0 Å². The molecule has 0 aromatic carbocycles. The van der Waals surface area contributed by atoms with Crippen LogP contribution in [0.2, 0.25) is 10.1 Å². The average molecular weight is 871 g/mol. The molecule has 0 amide bonds. The van der Waals surface area contributed by atoms with E-state index in [-0.39, 0.29) is 38.1 Å². The maximum Gasteiger partial charge on any atom is 0.400 e. The molecular weight excluding hydrogens is 815 g/mol. The molecule has 51 heavy (non-hydrogen) atoms. The molecule has 7 N–H and O–H groups in total. The Morgan fingerprint density at radius 1 is 0.863 bits per heavy atom. The Labute approximate surface area is 307 Å². The second-order valence-corrected chi connectivity index (χ2v) is 19.0. The van der Waals surface area contributed by atoms with Crippen LogP contribution >= 0.6 is 0 Å². The number of hydrogen-bond donors (Lipinski definition) is 7. The van der Waals surface area contributed by atoms with Crippen molar-refractivity contribution in [2.45, 2.75) is 113 Å². The zero-order chi connectivity index (χ0) is 39.3. The van der Waals surface area contributed by atoms with Gasteiger partial charge in [-0.1, -0.05) is 13.8 Å². The summed E-state index contributed by atoms with van der Waals surface area (Å²) in [6, 6.07) is 0. The number of aliphatic hydroxyl groups excluding tert-OH is 7. The van der Waals surface area contributed by atoms with E-state index in [1.54, 1.807) is 0 Å². The zero-order valence-corrected chi connectivity index (χ0v) is 33.4. The number of hydrogen-bond acceptors (Lipinski definition) is 19. The molecule has 19 nitrogen and oxygen atoms in total. The van der Waals surface area contributed by atoms with Gasteiger partial charge in [0.1, 0.15) is 18.3 Å². The van der Waals surface area contributed by atoms with Crippen LogP contribution in [0.4, 0.5) is 0 Å². The zero-order valence-electron chi connectivity index (χ0n) is 29.2. The summed E-state index contributed by atoms with van der Waals surface area (Å²) in [4.78, 5) is 1.10. The Morgan fingerprint density at radius 3 is 1.82 bits per heavy atom. The first-order valence-electron chi connectivity index (χ1n) is 16.5. The summed E-state index contributed by atoms with van der Waals surface area (Å²) < 4.78 is 95.2. The van der Waals surface area contributed by atoms with E-state index in [0.29, 0.717) is 6.42 Å². The van der Waals surface area contributed by atoms with Gasteiger partial charge in [0.15, 0.2) is 0 Å². The van der Waals surface area contributed by atoms with Crippen LogP contribution in [0, 0.1) is 29.6 Å². The third-order valence-corrected chi connectivity index (χ3v) is 15.3. The molecule has 0 radical (unpaired) electrons. The van der Waals surface area contributed by atoms with E-state index in [0.717, 1.165) is 31.6 Å².